The third-order valence-electron chi connectivity index (χ3n) is 6.16. The molecule has 0 aliphatic carbocycles. The molecule has 3 aliphatic rings. The standard InChI is InChI=1S/C23H34O9/c1-12-15(24)16(25)18(27-11-14-9-7-6-8-10-14)22(28-12)30-20-19-17(31-23(3,4)32-19)13(2)29-21(20)26-5/h6-10,12-13,15-22,24-25H,11H2,1-5H3. The zero-order valence-corrected chi connectivity index (χ0v) is 19.1. The molecule has 3 aliphatic heterocycles. The maximum Gasteiger partial charge on any atom is 0.187 e. The molecular weight excluding hydrogens is 420 g/mol. The Balaban J connectivity index is 1.54. The van der Waals surface area contributed by atoms with Crippen molar-refractivity contribution in [1.82, 2.24) is 0 Å². The number of hydrogen-bond donors (Lipinski definition) is 2. The van der Waals surface area contributed by atoms with E-state index < -0.39 is 55.0 Å². The van der Waals surface area contributed by atoms with Crippen molar-refractivity contribution in [3.8, 4) is 0 Å². The zero-order chi connectivity index (χ0) is 23.0. The molecule has 3 fully saturated rings. The number of methoxy groups -OCH3 is 1. The molecule has 4 rings (SSSR count). The molecular formula is C23H34O9. The molecule has 32 heavy (non-hydrogen) atoms. The lowest BCUT2D eigenvalue weighted by Crippen LogP contribution is -2.63. The minimum absolute atomic E-state index is 0.220. The van der Waals surface area contributed by atoms with Gasteiger partial charge in [0.2, 0.25) is 0 Å². The van der Waals surface area contributed by atoms with Crippen molar-refractivity contribution in [1.29, 1.82) is 0 Å². The first-order chi connectivity index (χ1) is 15.2. The van der Waals surface area contributed by atoms with Gasteiger partial charge >= 0.3 is 0 Å². The van der Waals surface area contributed by atoms with E-state index in [9.17, 15) is 10.2 Å². The van der Waals surface area contributed by atoms with Gasteiger partial charge in [-0.2, -0.15) is 0 Å². The van der Waals surface area contributed by atoms with Crippen LogP contribution in [-0.2, 0) is 39.8 Å². The SMILES string of the molecule is COC1OC(C)C2OC(C)(C)OC2C1OC1OC(C)C(O)C(O)C1OCc1ccccc1. The Labute approximate surface area is 188 Å². The van der Waals surface area contributed by atoms with Gasteiger partial charge in [-0.3, -0.25) is 0 Å². The third kappa shape index (κ3) is 4.86. The first-order valence-electron chi connectivity index (χ1n) is 11.1. The largest absolute Gasteiger partial charge is 0.388 e. The Morgan fingerprint density at radius 1 is 0.875 bits per heavy atom. The van der Waals surface area contributed by atoms with E-state index in [1.54, 1.807) is 6.92 Å². The lowest BCUT2D eigenvalue weighted by atomic mass is 9.98. The highest BCUT2D eigenvalue weighted by Gasteiger charge is 2.57. The quantitative estimate of drug-likeness (QED) is 0.659. The normalized spacial score (nSPS) is 43.7. The average Bonchev–Trinajstić information content (AvgIpc) is 3.10. The van der Waals surface area contributed by atoms with Gasteiger partial charge in [0.25, 0.3) is 0 Å². The van der Waals surface area contributed by atoms with Crippen LogP contribution in [0.15, 0.2) is 30.3 Å². The number of benzene rings is 1. The molecule has 9 heteroatoms. The van der Waals surface area contributed by atoms with E-state index in [0.717, 1.165) is 5.56 Å². The van der Waals surface area contributed by atoms with Gasteiger partial charge in [0.05, 0.1) is 18.8 Å². The van der Waals surface area contributed by atoms with Crippen LogP contribution in [0.5, 0.6) is 0 Å². The van der Waals surface area contributed by atoms with Crippen LogP contribution in [0, 0.1) is 0 Å². The highest BCUT2D eigenvalue weighted by atomic mass is 16.8. The minimum atomic E-state index is -1.20. The number of rotatable bonds is 6. The average molecular weight is 455 g/mol. The molecule has 3 saturated heterocycles. The van der Waals surface area contributed by atoms with Gasteiger partial charge in [-0.25, -0.2) is 0 Å². The summed E-state index contributed by atoms with van der Waals surface area (Å²) in [4.78, 5) is 0. The van der Waals surface area contributed by atoms with E-state index in [1.807, 2.05) is 51.1 Å². The highest BCUT2D eigenvalue weighted by molar-refractivity contribution is 5.13. The van der Waals surface area contributed by atoms with Crippen molar-refractivity contribution >= 4 is 0 Å². The van der Waals surface area contributed by atoms with E-state index in [2.05, 4.69) is 0 Å². The highest BCUT2D eigenvalue weighted by Crippen LogP contribution is 2.40. The van der Waals surface area contributed by atoms with Crippen LogP contribution in [0.4, 0.5) is 0 Å². The van der Waals surface area contributed by atoms with Crippen LogP contribution >= 0.6 is 0 Å². The van der Waals surface area contributed by atoms with Crippen molar-refractivity contribution in [2.24, 2.45) is 0 Å². The fraction of sp³-hybridized carbons (Fsp3) is 0.739. The smallest absolute Gasteiger partial charge is 0.187 e. The summed E-state index contributed by atoms with van der Waals surface area (Å²) in [5, 5.41) is 21.2. The lowest BCUT2D eigenvalue weighted by Gasteiger charge is -2.46. The summed E-state index contributed by atoms with van der Waals surface area (Å²) in [6.07, 6.45) is -7.45. The summed E-state index contributed by atoms with van der Waals surface area (Å²) in [6.45, 7) is 7.46. The van der Waals surface area contributed by atoms with Crippen molar-refractivity contribution in [3.05, 3.63) is 35.9 Å². The molecule has 1 aromatic carbocycles. The molecule has 9 nitrogen and oxygen atoms in total. The minimum Gasteiger partial charge on any atom is -0.388 e. The van der Waals surface area contributed by atoms with Crippen LogP contribution in [0.3, 0.4) is 0 Å². The molecule has 0 bridgehead atoms. The first kappa shape index (κ1) is 24.0. The summed E-state index contributed by atoms with van der Waals surface area (Å²) < 4.78 is 41.9. The number of aliphatic hydroxyl groups excluding tert-OH is 2. The van der Waals surface area contributed by atoms with Crippen molar-refractivity contribution in [2.45, 2.75) is 102 Å². The third-order valence-corrected chi connectivity index (χ3v) is 6.16. The van der Waals surface area contributed by atoms with E-state index in [0.29, 0.717) is 0 Å². The maximum absolute atomic E-state index is 10.8. The Morgan fingerprint density at radius 3 is 2.22 bits per heavy atom. The van der Waals surface area contributed by atoms with E-state index in [1.165, 1.54) is 7.11 Å². The number of fused-ring (bicyclic) bond motifs is 1. The molecule has 0 amide bonds. The van der Waals surface area contributed by atoms with Crippen LogP contribution in [0.25, 0.3) is 0 Å². The second kappa shape index (κ2) is 9.61. The van der Waals surface area contributed by atoms with Crippen LogP contribution in [-0.4, -0.2) is 84.5 Å². The number of ether oxygens (including phenoxy) is 7. The van der Waals surface area contributed by atoms with Crippen LogP contribution in [0.2, 0.25) is 0 Å². The topological polar surface area (TPSA) is 105 Å². The summed E-state index contributed by atoms with van der Waals surface area (Å²) in [6, 6.07) is 9.55. The van der Waals surface area contributed by atoms with E-state index >= 15 is 0 Å². The summed E-state index contributed by atoms with van der Waals surface area (Å²) in [7, 11) is 1.53. The van der Waals surface area contributed by atoms with Crippen LogP contribution in [0.1, 0.15) is 33.3 Å². The van der Waals surface area contributed by atoms with Crippen molar-refractivity contribution in [3.63, 3.8) is 0 Å². The fourth-order valence-electron chi connectivity index (χ4n) is 4.50. The van der Waals surface area contributed by atoms with Gasteiger partial charge < -0.3 is 43.4 Å². The molecule has 3 heterocycles. The fourth-order valence-corrected chi connectivity index (χ4v) is 4.50. The lowest BCUT2D eigenvalue weighted by molar-refractivity contribution is -0.356. The Bertz CT molecular complexity index is 744. The van der Waals surface area contributed by atoms with Gasteiger partial charge in [0.15, 0.2) is 18.4 Å². The van der Waals surface area contributed by atoms with E-state index in [-0.39, 0.29) is 18.8 Å². The van der Waals surface area contributed by atoms with Gasteiger partial charge in [0.1, 0.15) is 36.6 Å². The number of aliphatic hydroxyl groups is 2. The molecule has 0 radical (unpaired) electrons. The number of hydrogen-bond acceptors (Lipinski definition) is 9. The molecule has 0 saturated carbocycles. The molecule has 10 atom stereocenters. The summed E-state index contributed by atoms with van der Waals surface area (Å²) >= 11 is 0. The Morgan fingerprint density at radius 2 is 1.53 bits per heavy atom. The monoisotopic (exact) mass is 454 g/mol. The molecule has 180 valence electrons. The van der Waals surface area contributed by atoms with Gasteiger partial charge in [-0.1, -0.05) is 30.3 Å². The molecule has 2 N–H and O–H groups in total. The Hall–Kier alpha value is -1.14. The predicted octanol–water partition coefficient (Wildman–Crippen LogP) is 1.33. The summed E-state index contributed by atoms with van der Waals surface area (Å²) in [5.41, 5.74) is 0.922. The van der Waals surface area contributed by atoms with Crippen molar-refractivity contribution in [2.75, 3.05) is 7.11 Å². The molecule has 1 aromatic rings. The Kier molecular flexibility index (Phi) is 7.21. The second-order valence-corrected chi connectivity index (χ2v) is 9.06. The van der Waals surface area contributed by atoms with E-state index in [4.69, 9.17) is 33.2 Å². The van der Waals surface area contributed by atoms with Gasteiger partial charge in [-0.05, 0) is 33.3 Å². The molecule has 0 aromatic heterocycles. The molecule has 0 spiro atoms. The first-order valence-corrected chi connectivity index (χ1v) is 11.1. The van der Waals surface area contributed by atoms with Crippen molar-refractivity contribution < 1.29 is 43.4 Å². The second-order valence-electron chi connectivity index (χ2n) is 9.06. The van der Waals surface area contributed by atoms with Gasteiger partial charge in [-0.15, -0.1) is 0 Å². The molecule has 10 unspecified atom stereocenters. The zero-order valence-electron chi connectivity index (χ0n) is 19.1. The maximum atomic E-state index is 10.8. The van der Waals surface area contributed by atoms with Crippen LogP contribution < -0.4 is 0 Å². The summed E-state index contributed by atoms with van der Waals surface area (Å²) in [5.74, 6) is -0.809. The predicted molar refractivity (Wildman–Crippen MR) is 111 cm³/mol. The van der Waals surface area contributed by atoms with Gasteiger partial charge in [0, 0.05) is 7.11 Å².